The van der Waals surface area contributed by atoms with Gasteiger partial charge < -0.3 is 5.11 Å². The van der Waals surface area contributed by atoms with E-state index in [0.29, 0.717) is 0 Å². The van der Waals surface area contributed by atoms with Crippen molar-refractivity contribution in [3.63, 3.8) is 0 Å². The molecule has 1 aromatic heterocycles. The summed E-state index contributed by atoms with van der Waals surface area (Å²) in [4.78, 5) is 10.4. The molecule has 0 spiro atoms. The van der Waals surface area contributed by atoms with Crippen LogP contribution in [0, 0.1) is 5.82 Å². The minimum atomic E-state index is -4.59. The molecule has 0 aliphatic carbocycles. The van der Waals surface area contributed by atoms with E-state index in [4.69, 9.17) is 5.11 Å². The fourth-order valence-electron chi connectivity index (χ4n) is 1.61. The molecule has 0 saturated heterocycles. The number of rotatable bonds is 3. The van der Waals surface area contributed by atoms with Crippen LogP contribution in [0.1, 0.15) is 11.3 Å². The van der Waals surface area contributed by atoms with Gasteiger partial charge in [0.15, 0.2) is 5.69 Å². The largest absolute Gasteiger partial charge is 0.478 e. The molecule has 1 N–H and O–H groups in total. The number of carboxylic acid groups (broad SMARTS) is 1. The molecule has 110 valence electrons. The molecule has 0 aliphatic rings. The molecule has 0 atom stereocenters. The Kier molecular flexibility index (Phi) is 3.79. The van der Waals surface area contributed by atoms with Crippen LogP contribution in [0.25, 0.3) is 11.8 Å². The van der Waals surface area contributed by atoms with Crippen LogP contribution in [0.15, 0.2) is 36.5 Å². The third-order valence-electron chi connectivity index (χ3n) is 2.47. The molecule has 0 fully saturated rings. The topological polar surface area (TPSA) is 55.1 Å². The fraction of sp³-hybridized carbons (Fsp3) is 0.0769. The average molecular weight is 300 g/mol. The standard InChI is InChI=1S/C13H8F4N2O2/c14-9-5-8(1-2-12(20)21)6-10(7-9)19-4-3-11(18-19)13(15,16)17/h1-7H,(H,20,21)/b2-1+. The van der Waals surface area contributed by atoms with Gasteiger partial charge in [0.1, 0.15) is 5.82 Å². The van der Waals surface area contributed by atoms with E-state index in [1.54, 1.807) is 0 Å². The van der Waals surface area contributed by atoms with Crippen LogP contribution in [0.2, 0.25) is 0 Å². The SMILES string of the molecule is O=C(O)/C=C/c1cc(F)cc(-n2ccc(C(F)(F)F)n2)c1. The number of carbonyl (C=O) groups is 1. The van der Waals surface area contributed by atoms with E-state index in [0.717, 1.165) is 41.2 Å². The van der Waals surface area contributed by atoms with Crippen LogP contribution in [0.3, 0.4) is 0 Å². The summed E-state index contributed by atoms with van der Waals surface area (Å²) in [5.74, 6) is -1.94. The molecule has 0 saturated carbocycles. The highest BCUT2D eigenvalue weighted by Gasteiger charge is 2.33. The highest BCUT2D eigenvalue weighted by Crippen LogP contribution is 2.28. The number of alkyl halides is 3. The quantitative estimate of drug-likeness (QED) is 0.700. The normalized spacial score (nSPS) is 12.0. The van der Waals surface area contributed by atoms with E-state index in [1.165, 1.54) is 6.07 Å². The number of benzene rings is 1. The monoisotopic (exact) mass is 300 g/mol. The third kappa shape index (κ3) is 3.68. The highest BCUT2D eigenvalue weighted by atomic mass is 19.4. The van der Waals surface area contributed by atoms with Crippen LogP contribution in [-0.4, -0.2) is 20.9 Å². The molecule has 1 heterocycles. The summed E-state index contributed by atoms with van der Waals surface area (Å²) in [6, 6.07) is 4.12. The van der Waals surface area contributed by atoms with Crippen LogP contribution >= 0.6 is 0 Å². The Bertz CT molecular complexity index is 704. The van der Waals surface area contributed by atoms with Gasteiger partial charge in [0, 0.05) is 12.3 Å². The first kappa shape index (κ1) is 14.8. The van der Waals surface area contributed by atoms with Gasteiger partial charge in [-0.3, -0.25) is 0 Å². The zero-order valence-corrected chi connectivity index (χ0v) is 10.3. The van der Waals surface area contributed by atoms with Crippen molar-refractivity contribution in [1.29, 1.82) is 0 Å². The molecule has 8 heteroatoms. The molecule has 2 aromatic rings. The van der Waals surface area contributed by atoms with E-state index in [9.17, 15) is 22.4 Å². The summed E-state index contributed by atoms with van der Waals surface area (Å²) < 4.78 is 51.7. The van der Waals surface area contributed by atoms with E-state index >= 15 is 0 Å². The molecular formula is C13H8F4N2O2. The lowest BCUT2D eigenvalue weighted by molar-refractivity contribution is -0.141. The fourth-order valence-corrected chi connectivity index (χ4v) is 1.61. The van der Waals surface area contributed by atoms with Gasteiger partial charge in [-0.25, -0.2) is 13.9 Å². The van der Waals surface area contributed by atoms with Crippen LogP contribution < -0.4 is 0 Å². The highest BCUT2D eigenvalue weighted by molar-refractivity contribution is 5.85. The maximum atomic E-state index is 13.4. The molecule has 0 bridgehead atoms. The van der Waals surface area contributed by atoms with Crippen molar-refractivity contribution in [3.05, 3.63) is 53.6 Å². The lowest BCUT2D eigenvalue weighted by Crippen LogP contribution is -2.07. The van der Waals surface area contributed by atoms with E-state index in [2.05, 4.69) is 5.10 Å². The number of hydrogen-bond donors (Lipinski definition) is 1. The first-order chi connectivity index (χ1) is 9.75. The summed E-state index contributed by atoms with van der Waals surface area (Å²) in [6.45, 7) is 0. The summed E-state index contributed by atoms with van der Waals surface area (Å²) in [6.07, 6.45) is -1.63. The molecule has 21 heavy (non-hydrogen) atoms. The van der Waals surface area contributed by atoms with Crippen molar-refractivity contribution in [2.45, 2.75) is 6.18 Å². The Hall–Kier alpha value is -2.64. The van der Waals surface area contributed by atoms with Gasteiger partial charge in [0.25, 0.3) is 0 Å². The van der Waals surface area contributed by atoms with Gasteiger partial charge >= 0.3 is 12.1 Å². The number of hydrogen-bond acceptors (Lipinski definition) is 2. The molecular weight excluding hydrogens is 292 g/mol. The van der Waals surface area contributed by atoms with Crippen LogP contribution in [0.4, 0.5) is 17.6 Å². The number of carboxylic acids is 1. The Morgan fingerprint density at radius 3 is 2.57 bits per heavy atom. The zero-order chi connectivity index (χ0) is 15.6. The Morgan fingerprint density at radius 2 is 2.00 bits per heavy atom. The van der Waals surface area contributed by atoms with Crippen LogP contribution in [-0.2, 0) is 11.0 Å². The predicted octanol–water partition coefficient (Wildman–Crippen LogP) is 3.13. The van der Waals surface area contributed by atoms with Gasteiger partial charge in [-0.1, -0.05) is 0 Å². The molecule has 4 nitrogen and oxygen atoms in total. The van der Waals surface area contributed by atoms with Gasteiger partial charge in [0.2, 0.25) is 0 Å². The van der Waals surface area contributed by atoms with Gasteiger partial charge in [-0.2, -0.15) is 18.3 Å². The maximum Gasteiger partial charge on any atom is 0.435 e. The molecule has 2 rings (SSSR count). The van der Waals surface area contributed by atoms with Crippen molar-refractivity contribution in [2.75, 3.05) is 0 Å². The lowest BCUT2D eigenvalue weighted by Gasteiger charge is -2.05. The van der Waals surface area contributed by atoms with Crippen molar-refractivity contribution < 1.29 is 27.5 Å². The second kappa shape index (κ2) is 5.39. The second-order valence-corrected chi connectivity index (χ2v) is 4.06. The molecule has 0 unspecified atom stereocenters. The van der Waals surface area contributed by atoms with Crippen molar-refractivity contribution in [2.24, 2.45) is 0 Å². The third-order valence-corrected chi connectivity index (χ3v) is 2.47. The van der Waals surface area contributed by atoms with Crippen LogP contribution in [0.5, 0.6) is 0 Å². The number of aliphatic carboxylic acids is 1. The Labute approximate surface area is 115 Å². The smallest absolute Gasteiger partial charge is 0.435 e. The molecule has 0 radical (unpaired) electrons. The van der Waals surface area contributed by atoms with Crippen molar-refractivity contribution in [1.82, 2.24) is 9.78 Å². The number of aromatic nitrogens is 2. The Balaban J connectivity index is 2.40. The van der Waals surface area contributed by atoms with E-state index < -0.39 is 23.7 Å². The molecule has 0 amide bonds. The maximum absolute atomic E-state index is 13.4. The summed E-state index contributed by atoms with van der Waals surface area (Å²) in [5.41, 5.74) is -0.860. The minimum Gasteiger partial charge on any atom is -0.478 e. The zero-order valence-electron chi connectivity index (χ0n) is 10.3. The average Bonchev–Trinajstić information content (AvgIpc) is 2.85. The van der Waals surface area contributed by atoms with Crippen molar-refractivity contribution in [3.8, 4) is 5.69 Å². The molecule has 0 aliphatic heterocycles. The summed E-state index contributed by atoms with van der Waals surface area (Å²) in [7, 11) is 0. The van der Waals surface area contributed by atoms with E-state index in [-0.39, 0.29) is 11.3 Å². The number of halogens is 4. The first-order valence-corrected chi connectivity index (χ1v) is 5.60. The number of nitrogens with zero attached hydrogens (tertiary/aromatic N) is 2. The van der Waals surface area contributed by atoms with Gasteiger partial charge in [-0.15, -0.1) is 0 Å². The predicted molar refractivity (Wildman–Crippen MR) is 65.2 cm³/mol. The molecule has 1 aromatic carbocycles. The lowest BCUT2D eigenvalue weighted by atomic mass is 10.2. The summed E-state index contributed by atoms with van der Waals surface area (Å²) >= 11 is 0. The van der Waals surface area contributed by atoms with Crippen molar-refractivity contribution >= 4 is 12.0 Å². The van der Waals surface area contributed by atoms with Gasteiger partial charge in [0.05, 0.1) is 5.69 Å². The van der Waals surface area contributed by atoms with Gasteiger partial charge in [-0.05, 0) is 35.9 Å². The van der Waals surface area contributed by atoms with E-state index in [1.807, 2.05) is 0 Å². The minimum absolute atomic E-state index is 0.0514. The first-order valence-electron chi connectivity index (χ1n) is 5.60. The Morgan fingerprint density at radius 1 is 1.29 bits per heavy atom. The summed E-state index contributed by atoms with van der Waals surface area (Å²) in [5, 5.41) is 11.8. The second-order valence-electron chi connectivity index (χ2n) is 4.06.